The molecule has 1 fully saturated rings. The molecule has 0 bridgehead atoms. The van der Waals surface area contributed by atoms with Gasteiger partial charge >= 0.3 is 0 Å². The van der Waals surface area contributed by atoms with Crippen LogP contribution in [-0.2, 0) is 6.54 Å². The number of aliphatic hydroxyl groups is 1. The Hall–Kier alpha value is -1.73. The highest BCUT2D eigenvalue weighted by Crippen LogP contribution is 2.34. The molecule has 1 aliphatic rings. The fourth-order valence-corrected chi connectivity index (χ4v) is 3.85. The molecule has 2 heterocycles. The second kappa shape index (κ2) is 7.02. The van der Waals surface area contributed by atoms with Gasteiger partial charge in [0, 0.05) is 24.2 Å². The van der Waals surface area contributed by atoms with Crippen LogP contribution in [0.3, 0.4) is 0 Å². The average Bonchev–Trinajstić information content (AvgIpc) is 2.94. The summed E-state index contributed by atoms with van der Waals surface area (Å²) in [6.45, 7) is 4.40. The maximum atomic E-state index is 10.2. The number of allylic oxidation sites excluding steroid dienone is 1. The molecule has 0 spiro atoms. The van der Waals surface area contributed by atoms with Crippen molar-refractivity contribution in [2.75, 3.05) is 0 Å². The Kier molecular flexibility index (Phi) is 4.84. The molecular weight excluding hydrogens is 298 g/mol. The third-order valence-corrected chi connectivity index (χ3v) is 5.11. The summed E-state index contributed by atoms with van der Waals surface area (Å²) < 4.78 is 1.98. The van der Waals surface area contributed by atoms with Gasteiger partial charge in [0.15, 0.2) is 11.0 Å². The summed E-state index contributed by atoms with van der Waals surface area (Å²) >= 11 is 1.60. The van der Waals surface area contributed by atoms with Gasteiger partial charge in [-0.05, 0) is 12.8 Å². The van der Waals surface area contributed by atoms with Gasteiger partial charge in [0.05, 0.1) is 12.3 Å². The predicted octanol–water partition coefficient (Wildman–Crippen LogP) is 2.32. The second-order valence-corrected chi connectivity index (χ2v) is 6.51. The molecule has 2 aromatic rings. The molecule has 0 radical (unpaired) electrons. The molecule has 2 unspecified atom stereocenters. The zero-order chi connectivity index (χ0) is 15.4. The zero-order valence-corrected chi connectivity index (χ0v) is 13.1. The van der Waals surface area contributed by atoms with E-state index in [-0.39, 0.29) is 11.4 Å². The maximum Gasteiger partial charge on any atom is 0.192 e. The van der Waals surface area contributed by atoms with Gasteiger partial charge in [0.1, 0.15) is 5.69 Å². The van der Waals surface area contributed by atoms with Gasteiger partial charge in [-0.2, -0.15) is 0 Å². The van der Waals surface area contributed by atoms with Crippen molar-refractivity contribution in [2.45, 2.75) is 48.7 Å². The fourth-order valence-electron chi connectivity index (χ4n) is 2.62. The standard InChI is InChI=1S/C15H19N5OS/c1-2-9-20-14(11-10-16-7-8-17-11)18-19-15(20)22-13-6-4-3-5-12(13)21/h2,7-8,10,12-13,21H,1,3-6,9H2. The summed E-state index contributed by atoms with van der Waals surface area (Å²) in [5, 5.41) is 19.7. The summed E-state index contributed by atoms with van der Waals surface area (Å²) in [5.74, 6) is 0.681. The highest BCUT2D eigenvalue weighted by molar-refractivity contribution is 7.99. The van der Waals surface area contributed by atoms with E-state index in [1.54, 1.807) is 30.4 Å². The predicted molar refractivity (Wildman–Crippen MR) is 85.4 cm³/mol. The SMILES string of the molecule is C=CCn1c(SC2CCCCC2O)nnc1-c1cnccn1. The Bertz CT molecular complexity index is 630. The van der Waals surface area contributed by atoms with E-state index in [2.05, 4.69) is 26.7 Å². The van der Waals surface area contributed by atoms with Crippen molar-refractivity contribution in [3.63, 3.8) is 0 Å². The number of hydrogen-bond donors (Lipinski definition) is 1. The third-order valence-electron chi connectivity index (χ3n) is 3.75. The summed E-state index contributed by atoms with van der Waals surface area (Å²) in [7, 11) is 0. The molecular formula is C15H19N5OS. The quantitative estimate of drug-likeness (QED) is 0.853. The van der Waals surface area contributed by atoms with Crippen molar-refractivity contribution in [3.05, 3.63) is 31.2 Å². The number of aromatic nitrogens is 5. The topological polar surface area (TPSA) is 76.7 Å². The van der Waals surface area contributed by atoms with Crippen LogP contribution in [0.15, 0.2) is 36.4 Å². The van der Waals surface area contributed by atoms with Crippen LogP contribution < -0.4 is 0 Å². The van der Waals surface area contributed by atoms with E-state index >= 15 is 0 Å². The molecule has 2 aromatic heterocycles. The van der Waals surface area contributed by atoms with Crippen LogP contribution >= 0.6 is 11.8 Å². The number of aliphatic hydroxyl groups excluding tert-OH is 1. The van der Waals surface area contributed by atoms with Crippen LogP contribution in [0.4, 0.5) is 0 Å². The number of nitrogens with zero attached hydrogens (tertiary/aromatic N) is 5. The Balaban J connectivity index is 1.88. The first-order chi connectivity index (χ1) is 10.8. The van der Waals surface area contributed by atoms with Crippen LogP contribution in [0.2, 0.25) is 0 Å². The summed E-state index contributed by atoms with van der Waals surface area (Å²) in [6.07, 6.45) is 10.6. The molecule has 0 aliphatic heterocycles. The Morgan fingerprint density at radius 1 is 1.32 bits per heavy atom. The first-order valence-corrected chi connectivity index (χ1v) is 8.32. The van der Waals surface area contributed by atoms with Crippen molar-refractivity contribution in [3.8, 4) is 11.5 Å². The third kappa shape index (κ3) is 3.20. The van der Waals surface area contributed by atoms with Gasteiger partial charge < -0.3 is 5.11 Å². The first-order valence-electron chi connectivity index (χ1n) is 7.45. The lowest BCUT2D eigenvalue weighted by Crippen LogP contribution is -2.27. The second-order valence-electron chi connectivity index (χ2n) is 5.30. The van der Waals surface area contributed by atoms with E-state index in [1.165, 1.54) is 0 Å². The molecule has 0 saturated heterocycles. The van der Waals surface area contributed by atoms with E-state index in [0.29, 0.717) is 18.1 Å². The minimum Gasteiger partial charge on any atom is -0.392 e. The normalized spacial score (nSPS) is 21.7. The van der Waals surface area contributed by atoms with E-state index in [9.17, 15) is 5.11 Å². The van der Waals surface area contributed by atoms with Crippen molar-refractivity contribution in [2.24, 2.45) is 0 Å². The molecule has 1 N–H and O–H groups in total. The van der Waals surface area contributed by atoms with Crippen molar-refractivity contribution < 1.29 is 5.11 Å². The highest BCUT2D eigenvalue weighted by atomic mass is 32.2. The van der Waals surface area contributed by atoms with Crippen molar-refractivity contribution >= 4 is 11.8 Å². The van der Waals surface area contributed by atoms with E-state index < -0.39 is 0 Å². The fraction of sp³-hybridized carbons (Fsp3) is 0.467. The van der Waals surface area contributed by atoms with Crippen LogP contribution in [0.5, 0.6) is 0 Å². The van der Waals surface area contributed by atoms with Gasteiger partial charge in [-0.3, -0.25) is 9.55 Å². The van der Waals surface area contributed by atoms with Gasteiger partial charge in [-0.1, -0.05) is 30.7 Å². The minimum absolute atomic E-state index is 0.177. The van der Waals surface area contributed by atoms with E-state index in [0.717, 1.165) is 30.8 Å². The highest BCUT2D eigenvalue weighted by Gasteiger charge is 2.26. The Morgan fingerprint density at radius 2 is 2.18 bits per heavy atom. The Morgan fingerprint density at radius 3 is 2.91 bits per heavy atom. The van der Waals surface area contributed by atoms with Gasteiger partial charge in [-0.15, -0.1) is 16.8 Å². The molecule has 7 heteroatoms. The van der Waals surface area contributed by atoms with Gasteiger partial charge in [-0.25, -0.2) is 4.98 Å². The molecule has 22 heavy (non-hydrogen) atoms. The smallest absolute Gasteiger partial charge is 0.192 e. The number of rotatable bonds is 5. The molecule has 0 amide bonds. The molecule has 116 valence electrons. The molecule has 0 aromatic carbocycles. The minimum atomic E-state index is -0.271. The number of thioether (sulfide) groups is 1. The zero-order valence-electron chi connectivity index (χ0n) is 12.3. The molecule has 2 atom stereocenters. The Labute approximate surface area is 133 Å². The maximum absolute atomic E-state index is 10.2. The summed E-state index contributed by atoms with van der Waals surface area (Å²) in [4.78, 5) is 8.37. The number of hydrogen-bond acceptors (Lipinski definition) is 6. The monoisotopic (exact) mass is 317 g/mol. The first kappa shape index (κ1) is 15.2. The molecule has 1 aliphatic carbocycles. The van der Waals surface area contributed by atoms with Crippen LogP contribution in [-0.4, -0.2) is 41.2 Å². The van der Waals surface area contributed by atoms with Crippen LogP contribution in [0.1, 0.15) is 25.7 Å². The molecule has 3 rings (SSSR count). The van der Waals surface area contributed by atoms with E-state index in [4.69, 9.17) is 0 Å². The van der Waals surface area contributed by atoms with Crippen molar-refractivity contribution in [1.82, 2.24) is 24.7 Å². The van der Waals surface area contributed by atoms with Crippen LogP contribution in [0.25, 0.3) is 11.5 Å². The lowest BCUT2D eigenvalue weighted by Gasteiger charge is -2.26. The molecule has 1 saturated carbocycles. The molecule has 6 nitrogen and oxygen atoms in total. The summed E-state index contributed by atoms with van der Waals surface area (Å²) in [5.41, 5.74) is 0.688. The van der Waals surface area contributed by atoms with Crippen LogP contribution in [0, 0.1) is 0 Å². The van der Waals surface area contributed by atoms with E-state index in [1.807, 2.05) is 10.6 Å². The lowest BCUT2D eigenvalue weighted by atomic mass is 9.97. The summed E-state index contributed by atoms with van der Waals surface area (Å²) in [6, 6.07) is 0. The largest absolute Gasteiger partial charge is 0.392 e. The van der Waals surface area contributed by atoms with Crippen molar-refractivity contribution in [1.29, 1.82) is 0 Å². The van der Waals surface area contributed by atoms with Gasteiger partial charge in [0.25, 0.3) is 0 Å². The lowest BCUT2D eigenvalue weighted by molar-refractivity contribution is 0.137. The average molecular weight is 317 g/mol. The van der Waals surface area contributed by atoms with Gasteiger partial charge in [0.2, 0.25) is 0 Å².